The summed E-state index contributed by atoms with van der Waals surface area (Å²) >= 11 is 0. The number of aryl methyl sites for hydroxylation is 1. The molecule has 1 unspecified atom stereocenters. The van der Waals surface area contributed by atoms with Crippen LogP contribution < -0.4 is 10.4 Å². The molecular weight excluding hydrogens is 344 g/mol. The van der Waals surface area contributed by atoms with Crippen LogP contribution in [-0.2, 0) is 10.0 Å². The lowest BCUT2D eigenvalue weighted by atomic mass is 10.2. The van der Waals surface area contributed by atoms with E-state index in [2.05, 4.69) is 0 Å². The van der Waals surface area contributed by atoms with Crippen LogP contribution >= 0.6 is 0 Å². The monoisotopic (exact) mass is 360 g/mol. The standard InChI is InChI=1S/C17H16N2O5S/c1-12-8-15(9-17(20)23-12)24-14-6-7-19(11-14)25(21,22)16-5-3-2-4-13(16)10-18/h2-5,8-9,14H,6-7,11H2,1H3. The quantitative estimate of drug-likeness (QED) is 0.822. The van der Waals surface area contributed by atoms with Gasteiger partial charge in [0.15, 0.2) is 0 Å². The fraction of sp³-hybridized carbons (Fsp3) is 0.294. The topological polar surface area (TPSA) is 101 Å². The first kappa shape index (κ1) is 17.2. The maximum atomic E-state index is 12.8. The van der Waals surface area contributed by atoms with Crippen LogP contribution in [0.5, 0.6) is 5.75 Å². The Hall–Kier alpha value is -2.63. The molecule has 0 saturated carbocycles. The molecule has 0 spiro atoms. The van der Waals surface area contributed by atoms with Crippen LogP contribution in [0.1, 0.15) is 17.7 Å². The zero-order valence-electron chi connectivity index (χ0n) is 13.5. The summed E-state index contributed by atoms with van der Waals surface area (Å²) in [5.41, 5.74) is -0.399. The summed E-state index contributed by atoms with van der Waals surface area (Å²) in [4.78, 5) is 11.4. The second kappa shape index (κ2) is 6.70. The van der Waals surface area contributed by atoms with E-state index in [0.29, 0.717) is 17.9 Å². The first-order valence-electron chi connectivity index (χ1n) is 7.68. The first-order chi connectivity index (χ1) is 11.9. The third-order valence-electron chi connectivity index (χ3n) is 3.90. The highest BCUT2D eigenvalue weighted by atomic mass is 32.2. The molecule has 1 aromatic carbocycles. The van der Waals surface area contributed by atoms with Crippen LogP contribution in [0.25, 0.3) is 0 Å². The fourth-order valence-corrected chi connectivity index (χ4v) is 4.40. The molecule has 2 aromatic rings. The van der Waals surface area contributed by atoms with Crippen LogP contribution in [0.4, 0.5) is 0 Å². The van der Waals surface area contributed by atoms with E-state index in [1.165, 1.54) is 22.5 Å². The molecule has 0 bridgehead atoms. The summed E-state index contributed by atoms with van der Waals surface area (Å²) in [6.07, 6.45) is 0.123. The Kier molecular flexibility index (Phi) is 4.61. The van der Waals surface area contributed by atoms with Crippen LogP contribution in [-0.4, -0.2) is 31.9 Å². The average Bonchev–Trinajstić information content (AvgIpc) is 3.03. The SMILES string of the molecule is Cc1cc(OC2CCN(S(=O)(=O)c3ccccc3C#N)C2)cc(=O)o1. The predicted molar refractivity (Wildman–Crippen MR) is 88.7 cm³/mol. The molecule has 0 radical (unpaired) electrons. The van der Waals surface area contributed by atoms with Crippen LogP contribution in [0.15, 0.2) is 50.5 Å². The van der Waals surface area contributed by atoms with E-state index in [9.17, 15) is 13.2 Å². The minimum atomic E-state index is -3.77. The van der Waals surface area contributed by atoms with E-state index in [0.717, 1.165) is 0 Å². The van der Waals surface area contributed by atoms with Crippen molar-refractivity contribution in [2.24, 2.45) is 0 Å². The highest BCUT2D eigenvalue weighted by Gasteiger charge is 2.34. The van der Waals surface area contributed by atoms with Gasteiger partial charge in [0, 0.05) is 12.6 Å². The number of benzene rings is 1. The van der Waals surface area contributed by atoms with Crippen molar-refractivity contribution in [3.05, 3.63) is 58.1 Å². The number of ether oxygens (including phenoxy) is 1. The van der Waals surface area contributed by atoms with Crippen molar-refractivity contribution in [1.82, 2.24) is 4.31 Å². The molecule has 25 heavy (non-hydrogen) atoms. The molecule has 0 aliphatic carbocycles. The maximum Gasteiger partial charge on any atom is 0.339 e. The molecule has 130 valence electrons. The molecule has 1 atom stereocenters. The van der Waals surface area contributed by atoms with Gasteiger partial charge in [0.05, 0.1) is 23.1 Å². The number of nitrogens with zero attached hydrogens (tertiary/aromatic N) is 2. The second-order valence-corrected chi connectivity index (χ2v) is 7.63. The number of nitriles is 1. The molecule has 1 fully saturated rings. The van der Waals surface area contributed by atoms with Gasteiger partial charge in [-0.15, -0.1) is 0 Å². The van der Waals surface area contributed by atoms with Crippen molar-refractivity contribution in [2.75, 3.05) is 13.1 Å². The van der Waals surface area contributed by atoms with E-state index in [1.807, 2.05) is 6.07 Å². The summed E-state index contributed by atoms with van der Waals surface area (Å²) in [6, 6.07) is 10.8. The van der Waals surface area contributed by atoms with E-state index in [-0.39, 0.29) is 29.7 Å². The van der Waals surface area contributed by atoms with Crippen LogP contribution in [0.2, 0.25) is 0 Å². The van der Waals surface area contributed by atoms with Crippen molar-refractivity contribution >= 4 is 10.0 Å². The summed E-state index contributed by atoms with van der Waals surface area (Å²) in [5.74, 6) is 0.781. The van der Waals surface area contributed by atoms with Gasteiger partial charge in [-0.05, 0) is 25.5 Å². The summed E-state index contributed by atoms with van der Waals surface area (Å²) in [5, 5.41) is 9.13. The van der Waals surface area contributed by atoms with Crippen molar-refractivity contribution in [3.63, 3.8) is 0 Å². The van der Waals surface area contributed by atoms with Crippen LogP contribution in [0.3, 0.4) is 0 Å². The summed E-state index contributed by atoms with van der Waals surface area (Å²) in [6.45, 7) is 2.08. The molecule has 0 N–H and O–H groups in total. The summed E-state index contributed by atoms with van der Waals surface area (Å²) < 4.78 is 37.4. The van der Waals surface area contributed by atoms with E-state index in [1.54, 1.807) is 25.1 Å². The zero-order valence-corrected chi connectivity index (χ0v) is 14.3. The third-order valence-corrected chi connectivity index (χ3v) is 5.83. The molecular formula is C17H16N2O5S. The van der Waals surface area contributed by atoms with E-state index < -0.39 is 15.6 Å². The molecule has 1 aliphatic heterocycles. The molecule has 1 aromatic heterocycles. The molecule has 8 heteroatoms. The van der Waals surface area contributed by atoms with Crippen molar-refractivity contribution in [2.45, 2.75) is 24.3 Å². The van der Waals surface area contributed by atoms with E-state index in [4.69, 9.17) is 14.4 Å². The second-order valence-electron chi connectivity index (χ2n) is 5.72. The lowest BCUT2D eigenvalue weighted by Gasteiger charge is -2.18. The Bertz CT molecular complexity index is 991. The fourth-order valence-electron chi connectivity index (χ4n) is 2.77. The van der Waals surface area contributed by atoms with Gasteiger partial charge in [0.2, 0.25) is 10.0 Å². The van der Waals surface area contributed by atoms with Crippen LogP contribution in [0, 0.1) is 18.3 Å². The van der Waals surface area contributed by atoms with Gasteiger partial charge in [-0.25, -0.2) is 13.2 Å². The number of sulfonamides is 1. The van der Waals surface area contributed by atoms with Crippen molar-refractivity contribution in [3.8, 4) is 11.8 Å². The lowest BCUT2D eigenvalue weighted by Crippen LogP contribution is -2.31. The normalized spacial score (nSPS) is 18.0. The number of hydrogen-bond donors (Lipinski definition) is 0. The lowest BCUT2D eigenvalue weighted by molar-refractivity contribution is 0.213. The first-order valence-corrected chi connectivity index (χ1v) is 9.12. The Morgan fingerprint density at radius 2 is 2.08 bits per heavy atom. The maximum absolute atomic E-state index is 12.8. The Labute approximate surface area is 145 Å². The number of rotatable bonds is 4. The van der Waals surface area contributed by atoms with Crippen molar-refractivity contribution < 1.29 is 17.6 Å². The highest BCUT2D eigenvalue weighted by Crippen LogP contribution is 2.25. The molecule has 7 nitrogen and oxygen atoms in total. The van der Waals surface area contributed by atoms with Gasteiger partial charge in [0.25, 0.3) is 0 Å². The Morgan fingerprint density at radius 3 is 2.80 bits per heavy atom. The van der Waals surface area contributed by atoms with E-state index >= 15 is 0 Å². The van der Waals surface area contributed by atoms with Gasteiger partial charge in [-0.1, -0.05) is 12.1 Å². The van der Waals surface area contributed by atoms with Crippen molar-refractivity contribution in [1.29, 1.82) is 5.26 Å². The molecule has 3 rings (SSSR count). The molecule has 0 amide bonds. The van der Waals surface area contributed by atoms with Gasteiger partial charge >= 0.3 is 5.63 Å². The van der Waals surface area contributed by atoms with Gasteiger partial charge < -0.3 is 9.15 Å². The average molecular weight is 360 g/mol. The minimum Gasteiger partial charge on any atom is -0.489 e. The summed E-state index contributed by atoms with van der Waals surface area (Å²) in [7, 11) is -3.77. The Balaban J connectivity index is 1.78. The molecule has 1 aliphatic rings. The number of hydrogen-bond acceptors (Lipinski definition) is 6. The largest absolute Gasteiger partial charge is 0.489 e. The zero-order chi connectivity index (χ0) is 18.0. The van der Waals surface area contributed by atoms with Gasteiger partial charge in [-0.3, -0.25) is 0 Å². The minimum absolute atomic E-state index is 0.00523. The smallest absolute Gasteiger partial charge is 0.339 e. The molecule has 1 saturated heterocycles. The third kappa shape index (κ3) is 3.57. The molecule has 2 heterocycles. The van der Waals surface area contributed by atoms with Gasteiger partial charge in [0.1, 0.15) is 23.7 Å². The Morgan fingerprint density at radius 1 is 1.32 bits per heavy atom. The highest BCUT2D eigenvalue weighted by molar-refractivity contribution is 7.89. The predicted octanol–water partition coefficient (Wildman–Crippen LogP) is 1.66. The van der Waals surface area contributed by atoms with Gasteiger partial charge in [-0.2, -0.15) is 9.57 Å².